The molecule has 1 aromatic rings. The predicted molar refractivity (Wildman–Crippen MR) is 87.2 cm³/mol. The molecule has 6 heteroatoms. The minimum atomic E-state index is 0.599. The average molecular weight is 292 g/mol. The van der Waals surface area contributed by atoms with Crippen molar-refractivity contribution in [2.45, 2.75) is 39.5 Å². The molecule has 2 heterocycles. The lowest BCUT2D eigenvalue weighted by atomic mass is 10.1. The molecule has 1 aliphatic rings. The van der Waals surface area contributed by atoms with Crippen LogP contribution in [-0.4, -0.2) is 41.0 Å². The van der Waals surface area contributed by atoms with Gasteiger partial charge < -0.3 is 15.6 Å². The van der Waals surface area contributed by atoms with Crippen molar-refractivity contribution < 1.29 is 0 Å². The molecule has 0 aromatic carbocycles. The SMILES string of the molecule is CCCc1c(NN)ncnc1NCC(C)CN1CCCC1. The number of hydrogen-bond acceptors (Lipinski definition) is 6. The number of aromatic nitrogens is 2. The highest BCUT2D eigenvalue weighted by Gasteiger charge is 2.15. The van der Waals surface area contributed by atoms with Crippen LogP contribution in [0, 0.1) is 5.92 Å². The molecule has 0 saturated carbocycles. The van der Waals surface area contributed by atoms with Crippen molar-refractivity contribution in [1.29, 1.82) is 0 Å². The van der Waals surface area contributed by atoms with E-state index in [-0.39, 0.29) is 0 Å². The van der Waals surface area contributed by atoms with Gasteiger partial charge in [0.25, 0.3) is 0 Å². The molecule has 6 nitrogen and oxygen atoms in total. The van der Waals surface area contributed by atoms with Crippen molar-refractivity contribution in [2.24, 2.45) is 11.8 Å². The first-order valence-corrected chi connectivity index (χ1v) is 8.01. The second-order valence-electron chi connectivity index (χ2n) is 5.94. The third-order valence-corrected chi connectivity index (χ3v) is 3.97. The first kappa shape index (κ1) is 16.0. The molecule has 1 aliphatic heterocycles. The number of hydrogen-bond donors (Lipinski definition) is 3. The minimum absolute atomic E-state index is 0.599. The van der Waals surface area contributed by atoms with Gasteiger partial charge in [-0.15, -0.1) is 0 Å². The third-order valence-electron chi connectivity index (χ3n) is 3.97. The lowest BCUT2D eigenvalue weighted by Crippen LogP contribution is -2.29. The Kier molecular flexibility index (Phi) is 6.20. The van der Waals surface area contributed by atoms with Gasteiger partial charge in [0, 0.05) is 18.7 Å². The smallest absolute Gasteiger partial charge is 0.148 e. The van der Waals surface area contributed by atoms with Crippen molar-refractivity contribution in [3.63, 3.8) is 0 Å². The van der Waals surface area contributed by atoms with Gasteiger partial charge in [-0.2, -0.15) is 0 Å². The van der Waals surface area contributed by atoms with Crippen LogP contribution in [0.4, 0.5) is 11.6 Å². The molecule has 118 valence electrons. The first-order valence-electron chi connectivity index (χ1n) is 8.01. The summed E-state index contributed by atoms with van der Waals surface area (Å²) in [7, 11) is 0. The zero-order valence-electron chi connectivity index (χ0n) is 13.2. The number of nitrogens with one attached hydrogen (secondary N) is 2. The molecule has 0 radical (unpaired) electrons. The summed E-state index contributed by atoms with van der Waals surface area (Å²) in [6.45, 7) is 9.01. The summed E-state index contributed by atoms with van der Waals surface area (Å²) in [6.07, 6.45) is 6.21. The van der Waals surface area contributed by atoms with Gasteiger partial charge in [0.05, 0.1) is 0 Å². The number of nitrogens with zero attached hydrogens (tertiary/aromatic N) is 3. The largest absolute Gasteiger partial charge is 0.369 e. The van der Waals surface area contributed by atoms with Gasteiger partial charge in [-0.1, -0.05) is 20.3 Å². The summed E-state index contributed by atoms with van der Waals surface area (Å²) in [5.74, 6) is 7.77. The number of nitrogens with two attached hydrogens (primary N) is 1. The molecule has 1 unspecified atom stereocenters. The molecule has 0 amide bonds. The van der Waals surface area contributed by atoms with Crippen LogP contribution in [0.2, 0.25) is 0 Å². The van der Waals surface area contributed by atoms with E-state index in [4.69, 9.17) is 5.84 Å². The molecule has 1 aromatic heterocycles. The molecule has 1 fully saturated rings. The fraction of sp³-hybridized carbons (Fsp3) is 0.733. The van der Waals surface area contributed by atoms with Crippen LogP contribution in [0.5, 0.6) is 0 Å². The van der Waals surface area contributed by atoms with Gasteiger partial charge in [0.1, 0.15) is 18.0 Å². The molecular formula is C15H28N6. The van der Waals surface area contributed by atoms with E-state index in [9.17, 15) is 0 Å². The quantitative estimate of drug-likeness (QED) is 0.501. The summed E-state index contributed by atoms with van der Waals surface area (Å²) < 4.78 is 0. The Hall–Kier alpha value is -1.40. The Labute approximate surface area is 127 Å². The van der Waals surface area contributed by atoms with Crippen molar-refractivity contribution in [1.82, 2.24) is 14.9 Å². The Morgan fingerprint density at radius 3 is 2.67 bits per heavy atom. The van der Waals surface area contributed by atoms with E-state index in [0.29, 0.717) is 5.92 Å². The summed E-state index contributed by atoms with van der Waals surface area (Å²) in [4.78, 5) is 11.1. The Bertz CT molecular complexity index is 430. The normalized spacial score (nSPS) is 16.9. The Morgan fingerprint density at radius 2 is 2.00 bits per heavy atom. The Balaban J connectivity index is 1.92. The molecule has 21 heavy (non-hydrogen) atoms. The highest BCUT2D eigenvalue weighted by atomic mass is 15.3. The van der Waals surface area contributed by atoms with E-state index in [2.05, 4.69) is 39.5 Å². The summed E-state index contributed by atoms with van der Waals surface area (Å²) in [5, 5.41) is 3.47. The van der Waals surface area contributed by atoms with E-state index in [0.717, 1.165) is 43.1 Å². The van der Waals surface area contributed by atoms with Crippen molar-refractivity contribution in [3.05, 3.63) is 11.9 Å². The summed E-state index contributed by atoms with van der Waals surface area (Å²) in [5.41, 5.74) is 3.75. The van der Waals surface area contributed by atoms with Crippen LogP contribution in [0.25, 0.3) is 0 Å². The maximum absolute atomic E-state index is 5.54. The predicted octanol–water partition coefficient (Wildman–Crippen LogP) is 1.86. The third kappa shape index (κ3) is 4.54. The number of anilines is 2. The zero-order valence-corrected chi connectivity index (χ0v) is 13.2. The topological polar surface area (TPSA) is 79.1 Å². The molecule has 0 bridgehead atoms. The number of hydrazine groups is 1. The van der Waals surface area contributed by atoms with Gasteiger partial charge in [-0.25, -0.2) is 15.8 Å². The van der Waals surface area contributed by atoms with Crippen molar-refractivity contribution >= 4 is 11.6 Å². The Morgan fingerprint density at radius 1 is 1.29 bits per heavy atom. The highest BCUT2D eigenvalue weighted by Crippen LogP contribution is 2.21. The lowest BCUT2D eigenvalue weighted by molar-refractivity contribution is 0.294. The lowest BCUT2D eigenvalue weighted by Gasteiger charge is -2.21. The van der Waals surface area contributed by atoms with Gasteiger partial charge in [0.15, 0.2) is 0 Å². The monoisotopic (exact) mass is 292 g/mol. The molecule has 2 rings (SSSR count). The molecule has 0 spiro atoms. The second-order valence-corrected chi connectivity index (χ2v) is 5.94. The number of likely N-dealkylation sites (tertiary alicyclic amines) is 1. The fourth-order valence-electron chi connectivity index (χ4n) is 2.92. The second kappa shape index (κ2) is 8.14. The van der Waals surface area contributed by atoms with Crippen LogP contribution in [0.15, 0.2) is 6.33 Å². The number of rotatable bonds is 8. The van der Waals surface area contributed by atoms with Crippen molar-refractivity contribution in [2.75, 3.05) is 36.9 Å². The standard InChI is InChI=1S/C15H28N6/c1-3-6-13-14(18-11-19-15(13)20-16)17-9-12(2)10-21-7-4-5-8-21/h11-12H,3-10,16H2,1-2H3,(H2,17,18,19,20). The van der Waals surface area contributed by atoms with Crippen molar-refractivity contribution in [3.8, 4) is 0 Å². The molecule has 0 aliphatic carbocycles. The molecule has 1 atom stereocenters. The first-order chi connectivity index (χ1) is 10.2. The van der Waals surface area contributed by atoms with E-state index in [1.54, 1.807) is 6.33 Å². The van der Waals surface area contributed by atoms with Gasteiger partial charge in [0.2, 0.25) is 0 Å². The fourth-order valence-corrected chi connectivity index (χ4v) is 2.92. The molecule has 1 saturated heterocycles. The average Bonchev–Trinajstić information content (AvgIpc) is 2.99. The van der Waals surface area contributed by atoms with E-state index >= 15 is 0 Å². The van der Waals surface area contributed by atoms with Gasteiger partial charge >= 0.3 is 0 Å². The maximum atomic E-state index is 5.54. The maximum Gasteiger partial charge on any atom is 0.148 e. The van der Waals surface area contributed by atoms with Crippen LogP contribution in [-0.2, 0) is 6.42 Å². The van der Waals surface area contributed by atoms with E-state index < -0.39 is 0 Å². The van der Waals surface area contributed by atoms with Gasteiger partial charge in [-0.05, 0) is 38.3 Å². The summed E-state index contributed by atoms with van der Waals surface area (Å²) in [6, 6.07) is 0. The van der Waals surface area contributed by atoms with Gasteiger partial charge in [-0.3, -0.25) is 0 Å². The highest BCUT2D eigenvalue weighted by molar-refractivity contribution is 5.56. The van der Waals surface area contributed by atoms with Crippen LogP contribution < -0.4 is 16.6 Å². The molecular weight excluding hydrogens is 264 g/mol. The van der Waals surface area contributed by atoms with Crippen LogP contribution in [0.3, 0.4) is 0 Å². The van der Waals surface area contributed by atoms with Crippen LogP contribution in [0.1, 0.15) is 38.7 Å². The molecule has 4 N–H and O–H groups in total. The zero-order chi connectivity index (χ0) is 15.1. The van der Waals surface area contributed by atoms with E-state index in [1.165, 1.54) is 25.9 Å². The van der Waals surface area contributed by atoms with Crippen LogP contribution >= 0.6 is 0 Å². The summed E-state index contributed by atoms with van der Waals surface area (Å²) >= 11 is 0. The minimum Gasteiger partial charge on any atom is -0.369 e. The van der Waals surface area contributed by atoms with E-state index in [1.807, 2.05) is 0 Å². The number of nitrogen functional groups attached to an aromatic ring is 1.